The van der Waals surface area contributed by atoms with E-state index in [0.29, 0.717) is 16.5 Å². The minimum atomic E-state index is 0.152. The molecule has 0 saturated carbocycles. The third-order valence-electron chi connectivity index (χ3n) is 2.91. The van der Waals surface area contributed by atoms with Crippen molar-refractivity contribution in [3.63, 3.8) is 0 Å². The van der Waals surface area contributed by atoms with Crippen LogP contribution in [0.15, 0.2) is 18.2 Å². The third kappa shape index (κ3) is 3.64. The summed E-state index contributed by atoms with van der Waals surface area (Å²) in [6.45, 7) is 0. The van der Waals surface area contributed by atoms with Gasteiger partial charge in [-0.1, -0.05) is 29.6 Å². The zero-order valence-electron chi connectivity index (χ0n) is 9.42. The Morgan fingerprint density at radius 2 is 2.18 bits per heavy atom. The van der Waals surface area contributed by atoms with Crippen molar-refractivity contribution in [3.8, 4) is 0 Å². The Morgan fingerprint density at radius 1 is 1.35 bits per heavy atom. The monoisotopic (exact) mass is 288 g/mol. The molecule has 1 nitrogen and oxygen atoms in total. The molecule has 1 unspecified atom stereocenters. The van der Waals surface area contributed by atoms with Crippen LogP contribution in [0.4, 0.5) is 0 Å². The molecule has 1 heterocycles. The van der Waals surface area contributed by atoms with Crippen molar-refractivity contribution in [2.45, 2.75) is 30.9 Å². The summed E-state index contributed by atoms with van der Waals surface area (Å²) in [6, 6.07) is 5.28. The predicted molar refractivity (Wildman–Crippen MR) is 75.3 cm³/mol. The van der Waals surface area contributed by atoms with E-state index in [4.69, 9.17) is 23.2 Å². The molecule has 0 radical (unpaired) electrons. The zero-order valence-corrected chi connectivity index (χ0v) is 11.7. The smallest absolute Gasteiger partial charge is 0.150 e. The largest absolute Gasteiger partial charge is 0.298 e. The van der Waals surface area contributed by atoms with Crippen LogP contribution >= 0.6 is 35.0 Å². The lowest BCUT2D eigenvalue weighted by molar-refractivity contribution is -0.118. The molecule has 0 aromatic heterocycles. The highest BCUT2D eigenvalue weighted by atomic mass is 35.5. The minimum absolute atomic E-state index is 0.152. The van der Waals surface area contributed by atoms with Crippen LogP contribution in [-0.4, -0.2) is 16.8 Å². The van der Waals surface area contributed by atoms with Gasteiger partial charge in [-0.3, -0.25) is 4.79 Å². The molecule has 2 rings (SSSR count). The quantitative estimate of drug-likeness (QED) is 0.821. The van der Waals surface area contributed by atoms with Gasteiger partial charge < -0.3 is 0 Å². The third-order valence-corrected chi connectivity index (χ3v) is 4.94. The van der Waals surface area contributed by atoms with Crippen molar-refractivity contribution in [2.75, 3.05) is 5.75 Å². The van der Waals surface area contributed by atoms with E-state index < -0.39 is 0 Å². The molecule has 1 aromatic carbocycles. The molecule has 1 aromatic rings. The molecule has 0 amide bonds. The van der Waals surface area contributed by atoms with Gasteiger partial charge >= 0.3 is 0 Å². The highest BCUT2D eigenvalue weighted by molar-refractivity contribution is 8.00. The first kappa shape index (κ1) is 13.3. The maximum absolute atomic E-state index is 12.1. The number of thioether (sulfide) groups is 1. The first-order chi connectivity index (χ1) is 8.16. The van der Waals surface area contributed by atoms with E-state index in [1.54, 1.807) is 30.0 Å². The molecule has 4 heteroatoms. The highest BCUT2D eigenvalue weighted by Crippen LogP contribution is 2.28. The van der Waals surface area contributed by atoms with Crippen molar-refractivity contribution >= 4 is 40.7 Å². The second-order valence-corrected chi connectivity index (χ2v) is 6.39. The van der Waals surface area contributed by atoms with Gasteiger partial charge in [-0.25, -0.2) is 0 Å². The molecule has 1 saturated heterocycles. The number of halogens is 2. The van der Waals surface area contributed by atoms with Gasteiger partial charge in [-0.05, 0) is 42.4 Å². The Labute approximate surface area is 116 Å². The molecule has 1 atom stereocenters. The molecule has 17 heavy (non-hydrogen) atoms. The van der Waals surface area contributed by atoms with Crippen molar-refractivity contribution in [1.82, 2.24) is 0 Å². The normalized spacial score (nSPS) is 20.2. The second-order valence-electron chi connectivity index (χ2n) is 4.23. The average Bonchev–Trinajstić information content (AvgIpc) is 2.35. The standard InChI is InChI=1S/C13H14Cl2OS/c14-10-4-5-11(15)9(7-10)8-12(16)13-3-1-2-6-17-13/h4-5,7,13H,1-3,6,8H2. The summed E-state index contributed by atoms with van der Waals surface area (Å²) < 4.78 is 0. The summed E-state index contributed by atoms with van der Waals surface area (Å²) in [5.41, 5.74) is 0.843. The molecule has 1 aliphatic heterocycles. The number of Topliss-reactive ketones (excluding diaryl/α,β-unsaturated/α-hetero) is 1. The van der Waals surface area contributed by atoms with Gasteiger partial charge in [0.05, 0.1) is 5.25 Å². The van der Waals surface area contributed by atoms with E-state index in [1.165, 1.54) is 6.42 Å². The van der Waals surface area contributed by atoms with Gasteiger partial charge in [0.2, 0.25) is 0 Å². The Kier molecular flexibility index (Phi) is 4.78. The van der Waals surface area contributed by atoms with Crippen LogP contribution in [-0.2, 0) is 11.2 Å². The predicted octanol–water partition coefficient (Wildman–Crippen LogP) is 4.39. The van der Waals surface area contributed by atoms with Crippen molar-refractivity contribution in [3.05, 3.63) is 33.8 Å². The number of benzene rings is 1. The topological polar surface area (TPSA) is 17.1 Å². The Morgan fingerprint density at radius 3 is 2.88 bits per heavy atom. The fourth-order valence-corrected chi connectivity index (χ4v) is 3.61. The molecule has 1 fully saturated rings. The van der Waals surface area contributed by atoms with Gasteiger partial charge in [-0.15, -0.1) is 0 Å². The van der Waals surface area contributed by atoms with E-state index >= 15 is 0 Å². The lowest BCUT2D eigenvalue weighted by Gasteiger charge is -2.20. The summed E-state index contributed by atoms with van der Waals surface area (Å²) >= 11 is 13.7. The van der Waals surface area contributed by atoms with E-state index in [2.05, 4.69) is 0 Å². The van der Waals surface area contributed by atoms with E-state index in [-0.39, 0.29) is 11.0 Å². The number of carbonyl (C=O) groups excluding carboxylic acids is 1. The summed E-state index contributed by atoms with van der Waals surface area (Å²) in [5, 5.41) is 1.41. The van der Waals surface area contributed by atoms with Crippen molar-refractivity contribution in [1.29, 1.82) is 0 Å². The fraction of sp³-hybridized carbons (Fsp3) is 0.462. The van der Waals surface area contributed by atoms with Crippen molar-refractivity contribution < 1.29 is 4.79 Å². The fourth-order valence-electron chi connectivity index (χ4n) is 1.97. The van der Waals surface area contributed by atoms with Crippen LogP contribution in [0, 0.1) is 0 Å². The summed E-state index contributed by atoms with van der Waals surface area (Å²) in [6.07, 6.45) is 3.79. The van der Waals surface area contributed by atoms with E-state index in [1.807, 2.05) is 0 Å². The van der Waals surface area contributed by atoms with Gasteiger partial charge in [0.1, 0.15) is 5.78 Å². The second kappa shape index (κ2) is 6.12. The number of rotatable bonds is 3. The Bertz CT molecular complexity index is 414. The Hall–Kier alpha value is -0.180. The van der Waals surface area contributed by atoms with Crippen LogP contribution in [0.3, 0.4) is 0 Å². The molecule has 0 aliphatic carbocycles. The zero-order chi connectivity index (χ0) is 12.3. The van der Waals surface area contributed by atoms with Gasteiger partial charge in [0.25, 0.3) is 0 Å². The minimum Gasteiger partial charge on any atom is -0.298 e. The van der Waals surface area contributed by atoms with Gasteiger partial charge in [0.15, 0.2) is 0 Å². The van der Waals surface area contributed by atoms with Crippen LogP contribution in [0.25, 0.3) is 0 Å². The number of hydrogen-bond donors (Lipinski definition) is 0. The molecule has 0 spiro atoms. The van der Waals surface area contributed by atoms with Crippen LogP contribution in [0.2, 0.25) is 10.0 Å². The summed E-state index contributed by atoms with van der Waals surface area (Å²) in [4.78, 5) is 12.1. The van der Waals surface area contributed by atoms with E-state index in [0.717, 1.165) is 24.2 Å². The van der Waals surface area contributed by atoms with Gasteiger partial charge in [0, 0.05) is 16.5 Å². The first-order valence-electron chi connectivity index (χ1n) is 5.75. The lowest BCUT2D eigenvalue weighted by Crippen LogP contribution is -2.22. The first-order valence-corrected chi connectivity index (χ1v) is 7.55. The molecule has 92 valence electrons. The maximum atomic E-state index is 12.1. The molecule has 0 bridgehead atoms. The molecular formula is C13H14Cl2OS. The Balaban J connectivity index is 2.04. The van der Waals surface area contributed by atoms with E-state index in [9.17, 15) is 4.79 Å². The summed E-state index contributed by atoms with van der Waals surface area (Å²) in [7, 11) is 0. The van der Waals surface area contributed by atoms with Crippen molar-refractivity contribution in [2.24, 2.45) is 0 Å². The average molecular weight is 289 g/mol. The number of carbonyl (C=O) groups is 1. The lowest BCUT2D eigenvalue weighted by atomic mass is 10.0. The molecule has 1 aliphatic rings. The van der Waals surface area contributed by atoms with Gasteiger partial charge in [-0.2, -0.15) is 11.8 Å². The van der Waals surface area contributed by atoms with Crippen LogP contribution in [0.1, 0.15) is 24.8 Å². The molecule has 0 N–H and O–H groups in total. The SMILES string of the molecule is O=C(Cc1cc(Cl)ccc1Cl)C1CCCCS1. The van der Waals surface area contributed by atoms with Crippen LogP contribution in [0.5, 0.6) is 0 Å². The summed E-state index contributed by atoms with van der Waals surface area (Å²) in [5.74, 6) is 1.37. The molecular weight excluding hydrogens is 275 g/mol. The number of ketones is 1. The number of hydrogen-bond acceptors (Lipinski definition) is 2. The highest BCUT2D eigenvalue weighted by Gasteiger charge is 2.22. The van der Waals surface area contributed by atoms with Crippen LogP contribution < -0.4 is 0 Å². The maximum Gasteiger partial charge on any atom is 0.150 e.